The highest BCUT2D eigenvalue weighted by Crippen LogP contribution is 2.45. The summed E-state index contributed by atoms with van der Waals surface area (Å²) < 4.78 is 24.2. The zero-order valence-corrected chi connectivity index (χ0v) is 21.2. The summed E-state index contributed by atoms with van der Waals surface area (Å²) in [5.74, 6) is 0.979. The van der Waals surface area contributed by atoms with Crippen molar-refractivity contribution in [1.82, 2.24) is 9.97 Å². The minimum atomic E-state index is -2.05. The first-order valence-electron chi connectivity index (χ1n) is 10.9. The molecule has 0 aromatic carbocycles. The summed E-state index contributed by atoms with van der Waals surface area (Å²) in [7, 11) is -2.05. The van der Waals surface area contributed by atoms with E-state index < -0.39 is 20.6 Å². The van der Waals surface area contributed by atoms with Crippen LogP contribution in [0, 0.1) is 12.8 Å². The fourth-order valence-corrected chi connectivity index (χ4v) is 5.56. The van der Waals surface area contributed by atoms with Crippen LogP contribution >= 0.6 is 0 Å². The number of hydrogen-bond acceptors (Lipinski definition) is 7. The number of rotatable bonds is 10. The molecule has 1 aromatic heterocycles. The molecular formula is C21H37N5O4Si. The standard InChI is InChI=1S/C21H37N5O4Si/c1-13(2)21(6,7)31(8,9)27-12-17-16(10-18(29-17)25-26-22)30-20-23-11-15(5)19(24-20)28-14(3)4/h11,13-14,16-18H,10,12H2,1-9H3/t16-,17-,18+/m1/s1. The lowest BCUT2D eigenvalue weighted by Gasteiger charge is -2.43. The molecular weight excluding hydrogens is 414 g/mol. The Kier molecular flexibility index (Phi) is 8.32. The van der Waals surface area contributed by atoms with Crippen LogP contribution in [0.25, 0.3) is 10.4 Å². The van der Waals surface area contributed by atoms with Crippen molar-refractivity contribution in [3.63, 3.8) is 0 Å². The van der Waals surface area contributed by atoms with Crippen LogP contribution < -0.4 is 9.47 Å². The summed E-state index contributed by atoms with van der Waals surface area (Å²) in [6.45, 7) is 19.5. The molecule has 0 unspecified atom stereocenters. The smallest absolute Gasteiger partial charge is 0.320 e. The Morgan fingerprint density at radius 1 is 1.32 bits per heavy atom. The van der Waals surface area contributed by atoms with E-state index in [1.165, 1.54) is 0 Å². The Labute approximate surface area is 186 Å². The normalized spacial score (nSPS) is 22.0. The lowest BCUT2D eigenvalue weighted by Crippen LogP contribution is -2.47. The van der Waals surface area contributed by atoms with E-state index >= 15 is 0 Å². The van der Waals surface area contributed by atoms with Crippen LogP contribution in [-0.2, 0) is 9.16 Å². The average Bonchev–Trinajstić information content (AvgIpc) is 3.04. The molecule has 1 aliphatic heterocycles. The minimum Gasteiger partial charge on any atom is -0.475 e. The van der Waals surface area contributed by atoms with E-state index in [0.29, 0.717) is 24.8 Å². The third-order valence-electron chi connectivity index (χ3n) is 6.47. The molecule has 174 valence electrons. The lowest BCUT2D eigenvalue weighted by molar-refractivity contribution is -0.0132. The van der Waals surface area contributed by atoms with Crippen LogP contribution in [0.5, 0.6) is 11.9 Å². The summed E-state index contributed by atoms with van der Waals surface area (Å²) in [6.07, 6.45) is 0.687. The molecule has 10 heteroatoms. The molecule has 0 saturated carbocycles. The molecule has 0 aliphatic carbocycles. The third-order valence-corrected chi connectivity index (χ3v) is 11.0. The first kappa shape index (κ1) is 25.4. The van der Waals surface area contributed by atoms with Gasteiger partial charge >= 0.3 is 6.01 Å². The maximum Gasteiger partial charge on any atom is 0.320 e. The van der Waals surface area contributed by atoms with Crippen LogP contribution in [0.4, 0.5) is 0 Å². The topological polar surface area (TPSA) is 111 Å². The number of azide groups is 1. The molecule has 2 heterocycles. The van der Waals surface area contributed by atoms with Gasteiger partial charge in [0.05, 0.1) is 12.7 Å². The molecule has 0 bridgehead atoms. The summed E-state index contributed by atoms with van der Waals surface area (Å²) >= 11 is 0. The van der Waals surface area contributed by atoms with Crippen molar-refractivity contribution in [3.8, 4) is 11.9 Å². The van der Waals surface area contributed by atoms with Crippen molar-refractivity contribution in [2.45, 2.75) is 97.6 Å². The Morgan fingerprint density at radius 2 is 2.00 bits per heavy atom. The molecule has 2 rings (SSSR count). The highest BCUT2D eigenvalue weighted by molar-refractivity contribution is 6.74. The van der Waals surface area contributed by atoms with Crippen molar-refractivity contribution in [2.75, 3.05) is 6.61 Å². The fourth-order valence-electron chi connectivity index (χ4n) is 3.22. The number of ether oxygens (including phenoxy) is 3. The van der Waals surface area contributed by atoms with Gasteiger partial charge in [-0.05, 0) is 50.4 Å². The molecule has 0 N–H and O–H groups in total. The summed E-state index contributed by atoms with van der Waals surface area (Å²) in [5.41, 5.74) is 9.67. The van der Waals surface area contributed by atoms with Gasteiger partial charge in [-0.2, -0.15) is 4.98 Å². The molecule has 0 radical (unpaired) electrons. The molecule has 0 amide bonds. The summed E-state index contributed by atoms with van der Waals surface area (Å²) in [6, 6.07) is 0.209. The summed E-state index contributed by atoms with van der Waals surface area (Å²) in [5, 5.41) is 3.81. The third kappa shape index (κ3) is 6.32. The van der Waals surface area contributed by atoms with Crippen LogP contribution in [0.3, 0.4) is 0 Å². The molecule has 31 heavy (non-hydrogen) atoms. The van der Waals surface area contributed by atoms with Crippen LogP contribution in [-0.4, -0.2) is 49.4 Å². The number of nitrogens with zero attached hydrogens (tertiary/aromatic N) is 5. The van der Waals surface area contributed by atoms with Crippen molar-refractivity contribution < 1.29 is 18.6 Å². The maximum atomic E-state index is 8.84. The van der Waals surface area contributed by atoms with Crippen molar-refractivity contribution in [3.05, 3.63) is 22.2 Å². The number of aromatic nitrogens is 2. The van der Waals surface area contributed by atoms with E-state index in [9.17, 15) is 0 Å². The Balaban J connectivity index is 2.16. The van der Waals surface area contributed by atoms with Gasteiger partial charge in [-0.25, -0.2) is 4.98 Å². The minimum absolute atomic E-state index is 0.0109. The summed E-state index contributed by atoms with van der Waals surface area (Å²) in [4.78, 5) is 11.6. The van der Waals surface area contributed by atoms with E-state index in [1.807, 2.05) is 20.8 Å². The second-order valence-electron chi connectivity index (χ2n) is 9.73. The Bertz CT molecular complexity index is 796. The van der Waals surface area contributed by atoms with Crippen molar-refractivity contribution in [2.24, 2.45) is 11.0 Å². The van der Waals surface area contributed by atoms with Gasteiger partial charge in [0.15, 0.2) is 8.32 Å². The maximum absolute atomic E-state index is 8.84. The Morgan fingerprint density at radius 3 is 2.58 bits per heavy atom. The van der Waals surface area contributed by atoms with Gasteiger partial charge in [-0.3, -0.25) is 0 Å². The van der Waals surface area contributed by atoms with Gasteiger partial charge < -0.3 is 18.6 Å². The van der Waals surface area contributed by atoms with Crippen molar-refractivity contribution >= 4 is 8.32 Å². The molecule has 1 aromatic rings. The predicted molar refractivity (Wildman–Crippen MR) is 122 cm³/mol. The zero-order valence-electron chi connectivity index (χ0n) is 20.2. The number of aryl methyl sites for hydroxylation is 1. The van der Waals surface area contributed by atoms with Gasteiger partial charge in [-0.1, -0.05) is 32.8 Å². The van der Waals surface area contributed by atoms with E-state index in [4.69, 9.17) is 24.2 Å². The van der Waals surface area contributed by atoms with E-state index in [0.717, 1.165) is 5.56 Å². The van der Waals surface area contributed by atoms with Gasteiger partial charge in [0, 0.05) is 23.1 Å². The van der Waals surface area contributed by atoms with E-state index in [2.05, 4.69) is 60.8 Å². The van der Waals surface area contributed by atoms with Crippen LogP contribution in [0.2, 0.25) is 18.1 Å². The Hall–Kier alpha value is -1.87. The second kappa shape index (κ2) is 10.2. The van der Waals surface area contributed by atoms with Gasteiger partial charge in [0.25, 0.3) is 0 Å². The molecule has 1 saturated heterocycles. The predicted octanol–water partition coefficient (Wildman–Crippen LogP) is 5.40. The van der Waals surface area contributed by atoms with Crippen LogP contribution in [0.15, 0.2) is 11.3 Å². The highest BCUT2D eigenvalue weighted by Gasteiger charge is 2.45. The van der Waals surface area contributed by atoms with Gasteiger partial charge in [-0.15, -0.1) is 0 Å². The first-order valence-corrected chi connectivity index (χ1v) is 13.8. The number of hydrogen-bond donors (Lipinski definition) is 0. The SMILES string of the molecule is Cc1cnc(O[C@@H]2C[C@@H](N=[N+]=[N-])O[C@@H]2CO[Si](C)(C)C(C)(C)C(C)C)nc1OC(C)C. The molecule has 9 nitrogen and oxygen atoms in total. The molecule has 1 fully saturated rings. The van der Waals surface area contributed by atoms with Crippen molar-refractivity contribution in [1.29, 1.82) is 0 Å². The second-order valence-corrected chi connectivity index (χ2v) is 14.3. The average molecular weight is 452 g/mol. The monoisotopic (exact) mass is 451 g/mol. The highest BCUT2D eigenvalue weighted by atomic mass is 28.4. The molecule has 1 aliphatic rings. The van der Waals surface area contributed by atoms with Gasteiger partial charge in [0.2, 0.25) is 5.88 Å². The van der Waals surface area contributed by atoms with E-state index in [1.54, 1.807) is 6.20 Å². The molecule has 3 atom stereocenters. The quantitative estimate of drug-likeness (QED) is 0.204. The van der Waals surface area contributed by atoms with E-state index in [-0.39, 0.29) is 23.3 Å². The van der Waals surface area contributed by atoms with Gasteiger partial charge in [0.1, 0.15) is 18.4 Å². The molecule has 0 spiro atoms. The first-order chi connectivity index (χ1) is 14.4. The van der Waals surface area contributed by atoms with Crippen LogP contribution in [0.1, 0.15) is 53.5 Å². The largest absolute Gasteiger partial charge is 0.475 e. The zero-order chi connectivity index (χ0) is 23.4. The lowest BCUT2D eigenvalue weighted by atomic mass is 9.99. The fraction of sp³-hybridized carbons (Fsp3) is 0.810.